The molecule has 3 rings (SSSR count). The molecule has 28 heavy (non-hydrogen) atoms. The fourth-order valence-electron chi connectivity index (χ4n) is 3.32. The molecule has 2 aromatic carbocycles. The van der Waals surface area contributed by atoms with Gasteiger partial charge in [-0.25, -0.2) is 4.39 Å². The van der Waals surface area contributed by atoms with E-state index < -0.39 is 11.7 Å². The molecule has 0 spiro atoms. The predicted octanol–water partition coefficient (Wildman–Crippen LogP) is 4.12. The number of carbonyl (C=O) groups is 1. The Hall–Kier alpha value is -2.41. The van der Waals surface area contributed by atoms with Crippen LogP contribution in [0.4, 0.5) is 17.6 Å². The van der Waals surface area contributed by atoms with Crippen LogP contribution in [0.25, 0.3) is 0 Å². The third kappa shape index (κ3) is 5.55. The summed E-state index contributed by atoms with van der Waals surface area (Å²) in [7, 11) is 0. The van der Waals surface area contributed by atoms with E-state index in [9.17, 15) is 22.4 Å². The van der Waals surface area contributed by atoms with Crippen LogP contribution in [0.2, 0.25) is 0 Å². The summed E-state index contributed by atoms with van der Waals surface area (Å²) in [4.78, 5) is 16.5. The number of hydrogen-bond acceptors (Lipinski definition) is 2. The van der Waals surface area contributed by atoms with Crippen molar-refractivity contribution in [2.45, 2.75) is 25.6 Å². The lowest BCUT2D eigenvalue weighted by molar-refractivity contribution is -0.137. The van der Waals surface area contributed by atoms with Gasteiger partial charge in [-0.15, -0.1) is 0 Å². The molecule has 0 aromatic heterocycles. The number of benzene rings is 2. The van der Waals surface area contributed by atoms with Crippen molar-refractivity contribution in [2.75, 3.05) is 26.2 Å². The van der Waals surface area contributed by atoms with Crippen molar-refractivity contribution in [1.29, 1.82) is 0 Å². The largest absolute Gasteiger partial charge is 0.416 e. The average Bonchev–Trinajstić information content (AvgIpc) is 2.89. The first kappa shape index (κ1) is 20.3. The number of nitrogens with zero attached hydrogens (tertiary/aromatic N) is 2. The molecule has 1 heterocycles. The van der Waals surface area contributed by atoms with Gasteiger partial charge in [-0.2, -0.15) is 13.2 Å². The topological polar surface area (TPSA) is 23.6 Å². The summed E-state index contributed by atoms with van der Waals surface area (Å²) in [5, 5.41) is 0. The molecule has 0 aliphatic carbocycles. The minimum absolute atomic E-state index is 0.00277. The molecule has 1 aliphatic heterocycles. The summed E-state index contributed by atoms with van der Waals surface area (Å²) in [6.07, 6.45) is -3.29. The van der Waals surface area contributed by atoms with Crippen molar-refractivity contribution >= 4 is 5.91 Å². The van der Waals surface area contributed by atoms with Gasteiger partial charge in [0.1, 0.15) is 5.82 Å². The van der Waals surface area contributed by atoms with Crippen molar-refractivity contribution in [3.8, 4) is 0 Å². The average molecular weight is 394 g/mol. The van der Waals surface area contributed by atoms with E-state index in [2.05, 4.69) is 4.90 Å². The number of amides is 1. The Morgan fingerprint density at radius 3 is 2.14 bits per heavy atom. The van der Waals surface area contributed by atoms with Gasteiger partial charge in [-0.3, -0.25) is 9.69 Å². The van der Waals surface area contributed by atoms with E-state index >= 15 is 0 Å². The van der Waals surface area contributed by atoms with Gasteiger partial charge in [0.05, 0.1) is 12.0 Å². The molecular formula is C21H22F4N2O. The van der Waals surface area contributed by atoms with Gasteiger partial charge in [0.25, 0.3) is 0 Å². The summed E-state index contributed by atoms with van der Waals surface area (Å²) in [6.45, 7) is 3.21. The molecule has 1 amide bonds. The molecule has 1 fully saturated rings. The summed E-state index contributed by atoms with van der Waals surface area (Å²) < 4.78 is 51.0. The molecule has 0 saturated carbocycles. The normalized spacial score (nSPS) is 16.1. The molecule has 1 aliphatic rings. The molecule has 0 atom stereocenters. The first-order valence-electron chi connectivity index (χ1n) is 9.22. The summed E-state index contributed by atoms with van der Waals surface area (Å²) in [5.41, 5.74) is 0.945. The minimum atomic E-state index is -4.33. The van der Waals surface area contributed by atoms with Crippen molar-refractivity contribution in [3.05, 3.63) is 71.0 Å². The van der Waals surface area contributed by atoms with Crippen molar-refractivity contribution in [1.82, 2.24) is 9.80 Å². The number of alkyl halides is 3. The summed E-state index contributed by atoms with van der Waals surface area (Å²) in [5.74, 6) is -0.326. The van der Waals surface area contributed by atoms with Gasteiger partial charge in [0.15, 0.2) is 0 Å². The van der Waals surface area contributed by atoms with Crippen LogP contribution in [-0.4, -0.2) is 41.9 Å². The zero-order valence-corrected chi connectivity index (χ0v) is 15.4. The Morgan fingerprint density at radius 1 is 0.857 bits per heavy atom. The molecule has 7 heteroatoms. The van der Waals surface area contributed by atoms with E-state index in [0.717, 1.165) is 36.2 Å². The van der Waals surface area contributed by atoms with Gasteiger partial charge < -0.3 is 4.90 Å². The fraction of sp³-hybridized carbons (Fsp3) is 0.381. The molecule has 0 radical (unpaired) electrons. The first-order chi connectivity index (χ1) is 13.3. The number of rotatable bonds is 4. The van der Waals surface area contributed by atoms with Crippen molar-refractivity contribution in [3.63, 3.8) is 0 Å². The van der Waals surface area contributed by atoms with E-state index in [4.69, 9.17) is 0 Å². The summed E-state index contributed by atoms with van der Waals surface area (Å²) >= 11 is 0. The van der Waals surface area contributed by atoms with Gasteiger partial charge >= 0.3 is 6.18 Å². The Balaban J connectivity index is 1.53. The quantitative estimate of drug-likeness (QED) is 0.729. The van der Waals surface area contributed by atoms with Crippen LogP contribution in [0.5, 0.6) is 0 Å². The lowest BCUT2D eigenvalue weighted by Gasteiger charge is -2.22. The lowest BCUT2D eigenvalue weighted by Crippen LogP contribution is -2.36. The maximum Gasteiger partial charge on any atom is 0.416 e. The number of hydrogen-bond donors (Lipinski definition) is 0. The molecule has 2 aromatic rings. The molecule has 1 saturated heterocycles. The number of carbonyl (C=O) groups excluding carboxylic acids is 1. The smallest absolute Gasteiger partial charge is 0.341 e. The zero-order chi connectivity index (χ0) is 20.1. The highest BCUT2D eigenvalue weighted by Gasteiger charge is 2.30. The third-order valence-corrected chi connectivity index (χ3v) is 4.90. The highest BCUT2D eigenvalue weighted by molar-refractivity contribution is 5.78. The van der Waals surface area contributed by atoms with E-state index in [1.165, 1.54) is 24.3 Å². The van der Waals surface area contributed by atoms with Crippen LogP contribution < -0.4 is 0 Å². The monoisotopic (exact) mass is 394 g/mol. The van der Waals surface area contributed by atoms with Gasteiger partial charge in [0.2, 0.25) is 5.91 Å². The second kappa shape index (κ2) is 8.73. The SMILES string of the molecule is O=C(Cc1ccc(F)cc1)N1CCCN(Cc2ccc(C(F)(F)F)cc2)CC1. The van der Waals surface area contributed by atoms with Crippen LogP contribution >= 0.6 is 0 Å². The molecular weight excluding hydrogens is 372 g/mol. The van der Waals surface area contributed by atoms with E-state index in [1.54, 1.807) is 17.0 Å². The van der Waals surface area contributed by atoms with Gasteiger partial charge in [-0.05, 0) is 41.8 Å². The maximum atomic E-state index is 13.0. The Labute approximate surface area is 161 Å². The summed E-state index contributed by atoms with van der Waals surface area (Å²) in [6, 6.07) is 11.1. The second-order valence-electron chi connectivity index (χ2n) is 7.01. The minimum Gasteiger partial charge on any atom is -0.341 e. The van der Waals surface area contributed by atoms with Crippen LogP contribution in [0, 0.1) is 5.82 Å². The van der Waals surface area contributed by atoms with Crippen LogP contribution in [0.3, 0.4) is 0 Å². The maximum absolute atomic E-state index is 13.0. The highest BCUT2D eigenvalue weighted by Crippen LogP contribution is 2.29. The third-order valence-electron chi connectivity index (χ3n) is 4.90. The lowest BCUT2D eigenvalue weighted by atomic mass is 10.1. The fourth-order valence-corrected chi connectivity index (χ4v) is 3.32. The predicted molar refractivity (Wildman–Crippen MR) is 98.0 cm³/mol. The van der Waals surface area contributed by atoms with Gasteiger partial charge in [-0.1, -0.05) is 24.3 Å². The second-order valence-corrected chi connectivity index (χ2v) is 7.01. The molecule has 0 N–H and O–H groups in total. The van der Waals surface area contributed by atoms with Crippen LogP contribution in [0.15, 0.2) is 48.5 Å². The van der Waals surface area contributed by atoms with Crippen LogP contribution in [0.1, 0.15) is 23.1 Å². The Bertz CT molecular complexity index is 788. The van der Waals surface area contributed by atoms with Crippen LogP contribution in [-0.2, 0) is 23.9 Å². The first-order valence-corrected chi connectivity index (χ1v) is 9.22. The molecule has 3 nitrogen and oxygen atoms in total. The molecule has 0 unspecified atom stereocenters. The number of halogens is 4. The van der Waals surface area contributed by atoms with Gasteiger partial charge in [0, 0.05) is 32.7 Å². The Kier molecular flexibility index (Phi) is 6.34. The van der Waals surface area contributed by atoms with Crippen molar-refractivity contribution < 1.29 is 22.4 Å². The standard InChI is InChI=1S/C21H22F4N2O/c22-19-8-4-16(5-9-19)14-20(28)27-11-1-10-26(12-13-27)15-17-2-6-18(7-3-17)21(23,24)25/h2-9H,1,10-15H2. The zero-order valence-electron chi connectivity index (χ0n) is 15.4. The van der Waals surface area contributed by atoms with E-state index in [1.807, 2.05) is 0 Å². The highest BCUT2D eigenvalue weighted by atomic mass is 19.4. The molecule has 150 valence electrons. The van der Waals surface area contributed by atoms with E-state index in [-0.39, 0.29) is 18.1 Å². The molecule has 0 bridgehead atoms. The Morgan fingerprint density at radius 2 is 1.50 bits per heavy atom. The van der Waals surface area contributed by atoms with E-state index in [0.29, 0.717) is 26.2 Å². The van der Waals surface area contributed by atoms with Crippen molar-refractivity contribution in [2.24, 2.45) is 0 Å².